The molecule has 0 aromatic heterocycles. The van der Waals surface area contributed by atoms with Gasteiger partial charge in [-0.2, -0.15) is 0 Å². The van der Waals surface area contributed by atoms with E-state index in [1.807, 2.05) is 0 Å². The van der Waals surface area contributed by atoms with E-state index < -0.39 is 0 Å². The van der Waals surface area contributed by atoms with E-state index in [1.54, 1.807) is 0 Å². The van der Waals surface area contributed by atoms with Crippen LogP contribution in [0.15, 0.2) is 0 Å². The zero-order chi connectivity index (χ0) is 6.91. The molecule has 41 valence electrons. The predicted molar refractivity (Wildman–Crippen MR) is 47.5 cm³/mol. The van der Waals surface area contributed by atoms with Gasteiger partial charge in [0.15, 0.2) is 0 Å². The molecule has 9 heavy (non-hydrogen) atoms. The first-order valence-electron chi connectivity index (χ1n) is 3.33. The molecular weight excluding hydrogens is 103 g/mol. The SMILES string of the molecule is CC(C)(C)C1=BB=B[B]1. The van der Waals surface area contributed by atoms with Crippen molar-refractivity contribution in [2.75, 3.05) is 0 Å². The molecule has 0 fully saturated rings. The van der Waals surface area contributed by atoms with E-state index >= 15 is 0 Å². The van der Waals surface area contributed by atoms with Gasteiger partial charge in [-0.15, -0.1) is 0 Å². The zero-order valence-electron chi connectivity index (χ0n) is 6.31. The van der Waals surface area contributed by atoms with Crippen LogP contribution >= 0.6 is 0 Å². The minimum atomic E-state index is 0.323. The predicted octanol–water partition coefficient (Wildman–Crippen LogP) is -0.262. The van der Waals surface area contributed by atoms with E-state index in [9.17, 15) is 0 Å². The summed E-state index contributed by atoms with van der Waals surface area (Å²) in [5, 5.41) is 1.42. The molecular formula is C5H9B4. The van der Waals surface area contributed by atoms with E-state index in [0.29, 0.717) is 5.41 Å². The Morgan fingerprint density at radius 1 is 1.11 bits per heavy atom. The maximum atomic E-state index is 2.22. The molecule has 1 aliphatic rings. The summed E-state index contributed by atoms with van der Waals surface area (Å²) in [6.07, 6.45) is 0. The van der Waals surface area contributed by atoms with Gasteiger partial charge in [0.05, 0.1) is 0 Å². The molecule has 0 nitrogen and oxygen atoms in total. The van der Waals surface area contributed by atoms with Crippen molar-refractivity contribution in [1.82, 2.24) is 0 Å². The maximum absolute atomic E-state index is 2.22. The van der Waals surface area contributed by atoms with Crippen LogP contribution in [0.4, 0.5) is 0 Å². The van der Waals surface area contributed by atoms with Crippen LogP contribution in [0.2, 0.25) is 0 Å². The summed E-state index contributed by atoms with van der Waals surface area (Å²) in [4.78, 5) is 0. The van der Waals surface area contributed by atoms with E-state index in [2.05, 4.69) is 48.1 Å². The zero-order valence-corrected chi connectivity index (χ0v) is 6.31. The van der Waals surface area contributed by atoms with Crippen molar-refractivity contribution in [2.24, 2.45) is 5.41 Å². The average Bonchev–Trinajstić information content (AvgIpc) is 2.08. The summed E-state index contributed by atoms with van der Waals surface area (Å²) in [5.74, 6) is 0. The fourth-order valence-corrected chi connectivity index (χ4v) is 0.874. The average molecular weight is 112 g/mol. The molecule has 0 unspecified atom stereocenters. The molecule has 0 atom stereocenters. The first kappa shape index (κ1) is 7.24. The second-order valence-corrected chi connectivity index (χ2v) is 3.42. The van der Waals surface area contributed by atoms with Crippen molar-refractivity contribution in [2.45, 2.75) is 20.8 Å². The third kappa shape index (κ3) is 1.77. The Kier molecular flexibility index (Phi) is 1.93. The van der Waals surface area contributed by atoms with Gasteiger partial charge in [0.1, 0.15) is 0 Å². The van der Waals surface area contributed by atoms with Gasteiger partial charge in [0.2, 0.25) is 0 Å². The molecule has 1 rings (SSSR count). The summed E-state index contributed by atoms with van der Waals surface area (Å²) in [7, 11) is 2.17. The van der Waals surface area contributed by atoms with Gasteiger partial charge in [0, 0.05) is 0 Å². The van der Waals surface area contributed by atoms with Crippen LogP contribution in [0.5, 0.6) is 0 Å². The number of hydrogen-bond acceptors (Lipinski definition) is 0. The number of hydrogen-bond donors (Lipinski definition) is 0. The summed E-state index contributed by atoms with van der Waals surface area (Å²) < 4.78 is 0. The quantitative estimate of drug-likeness (QED) is 0.379. The Balaban J connectivity index is 2.66. The van der Waals surface area contributed by atoms with Crippen molar-refractivity contribution in [3.8, 4) is 0 Å². The van der Waals surface area contributed by atoms with E-state index in [-0.39, 0.29) is 0 Å². The van der Waals surface area contributed by atoms with Gasteiger partial charge in [-0.25, -0.2) is 0 Å². The van der Waals surface area contributed by atoms with Gasteiger partial charge in [-0.05, 0) is 0 Å². The second kappa shape index (κ2) is 2.40. The first-order valence-corrected chi connectivity index (χ1v) is 3.33. The van der Waals surface area contributed by atoms with Crippen molar-refractivity contribution in [3.63, 3.8) is 0 Å². The van der Waals surface area contributed by atoms with Crippen molar-refractivity contribution < 1.29 is 0 Å². The summed E-state index contributed by atoms with van der Waals surface area (Å²) >= 11 is 0. The van der Waals surface area contributed by atoms with Crippen molar-refractivity contribution in [3.05, 3.63) is 0 Å². The van der Waals surface area contributed by atoms with Crippen LogP contribution in [0.3, 0.4) is 0 Å². The molecule has 0 N–H and O–H groups in total. The molecule has 1 heterocycles. The fraction of sp³-hybridized carbons (Fsp3) is 0.800. The molecule has 1 aliphatic heterocycles. The third-order valence-corrected chi connectivity index (χ3v) is 1.53. The topological polar surface area (TPSA) is 0 Å². The minimum absolute atomic E-state index is 0.323. The van der Waals surface area contributed by atoms with Crippen molar-refractivity contribution >= 4 is 32.7 Å². The second-order valence-electron chi connectivity index (χ2n) is 3.42. The van der Waals surface area contributed by atoms with Crippen LogP contribution < -0.4 is 0 Å². The van der Waals surface area contributed by atoms with Crippen LogP contribution in [-0.2, 0) is 0 Å². The van der Waals surface area contributed by atoms with Gasteiger partial charge in [0.25, 0.3) is 0 Å². The Labute approximate surface area is 59.6 Å². The standard InChI is InChI=1S/C5H9B4/c1-5(2,3)4-6-8-9-7-4/h1-3H3. The van der Waals surface area contributed by atoms with Crippen molar-refractivity contribution in [1.29, 1.82) is 0 Å². The number of rotatable bonds is 0. The first-order chi connectivity index (χ1) is 4.11. The van der Waals surface area contributed by atoms with Crippen LogP contribution in [0.25, 0.3) is 0 Å². The summed E-state index contributed by atoms with van der Waals surface area (Å²) in [5.41, 5.74) is 0.323. The molecule has 0 saturated heterocycles. The molecule has 0 amide bonds. The van der Waals surface area contributed by atoms with Gasteiger partial charge in [-0.3, -0.25) is 0 Å². The molecule has 0 spiro atoms. The molecule has 1 radical (unpaired) electrons. The van der Waals surface area contributed by atoms with Gasteiger partial charge < -0.3 is 0 Å². The Morgan fingerprint density at radius 3 is 2.00 bits per heavy atom. The Morgan fingerprint density at radius 2 is 1.78 bits per heavy atom. The summed E-state index contributed by atoms with van der Waals surface area (Å²) in [6, 6.07) is 0. The van der Waals surface area contributed by atoms with Gasteiger partial charge >= 0.3 is 58.9 Å². The monoisotopic (exact) mass is 113 g/mol. The third-order valence-electron chi connectivity index (χ3n) is 1.53. The van der Waals surface area contributed by atoms with Crippen LogP contribution in [0.1, 0.15) is 20.8 Å². The molecule has 0 bridgehead atoms. The molecule has 0 saturated carbocycles. The molecule has 0 aromatic carbocycles. The Bertz CT molecular complexity index is 162. The van der Waals surface area contributed by atoms with E-state index in [0.717, 1.165) is 0 Å². The fourth-order valence-electron chi connectivity index (χ4n) is 0.874. The van der Waals surface area contributed by atoms with Crippen LogP contribution in [-0.4, -0.2) is 32.7 Å². The molecule has 0 aromatic rings. The van der Waals surface area contributed by atoms with E-state index in [4.69, 9.17) is 0 Å². The normalized spacial score (nSPS) is 14.8. The Hall–Kier alpha value is 0.130. The van der Waals surface area contributed by atoms with Gasteiger partial charge in [-0.1, -0.05) is 0 Å². The molecule has 0 aliphatic carbocycles. The summed E-state index contributed by atoms with van der Waals surface area (Å²) in [6.45, 7) is 13.0. The van der Waals surface area contributed by atoms with E-state index in [1.165, 1.54) is 5.36 Å². The molecule has 4 heteroatoms. The van der Waals surface area contributed by atoms with Crippen LogP contribution in [0, 0.1) is 5.41 Å².